The molecule has 0 aromatic carbocycles. The second-order valence-corrected chi connectivity index (χ2v) is 7.95. The summed E-state index contributed by atoms with van der Waals surface area (Å²) in [5, 5.41) is 0. The van der Waals surface area contributed by atoms with Crippen molar-refractivity contribution < 1.29 is 21.7 Å². The Labute approximate surface area is 159 Å². The van der Waals surface area contributed by atoms with E-state index in [4.69, 9.17) is 0 Å². The minimum atomic E-state index is 0. The number of rotatable bonds is 5. The van der Waals surface area contributed by atoms with Crippen molar-refractivity contribution in [3.63, 3.8) is 0 Å². The van der Waals surface area contributed by atoms with E-state index < -0.39 is 0 Å². The van der Waals surface area contributed by atoms with Gasteiger partial charge in [-0.1, -0.05) is 71.9 Å². The fourth-order valence-corrected chi connectivity index (χ4v) is 2.63. The van der Waals surface area contributed by atoms with E-state index in [-0.39, 0.29) is 21.7 Å². The zero-order valence-electron chi connectivity index (χ0n) is 16.7. The van der Waals surface area contributed by atoms with Gasteiger partial charge in [-0.25, -0.2) is 5.57 Å². The van der Waals surface area contributed by atoms with Gasteiger partial charge in [-0.3, -0.25) is 6.08 Å². The fourth-order valence-electron chi connectivity index (χ4n) is 1.94. The Morgan fingerprint density at radius 1 is 1.05 bits per heavy atom. The first-order chi connectivity index (χ1) is 9.77. The molecule has 0 saturated heterocycles. The van der Waals surface area contributed by atoms with Gasteiger partial charge < -0.3 is 5.92 Å². The van der Waals surface area contributed by atoms with Crippen molar-refractivity contribution in [2.75, 3.05) is 0 Å². The van der Waals surface area contributed by atoms with E-state index in [0.29, 0.717) is 5.92 Å². The molecule has 127 valence electrons. The first-order valence-corrected chi connectivity index (χ1v) is 10.6. The molecule has 0 heterocycles. The molecule has 22 heavy (non-hydrogen) atoms. The summed E-state index contributed by atoms with van der Waals surface area (Å²) in [6, 6.07) is 1.51. The molecule has 0 aromatic heterocycles. The van der Waals surface area contributed by atoms with Crippen LogP contribution in [0.4, 0.5) is 0 Å². The Morgan fingerprint density at radius 3 is 1.77 bits per heavy atom. The summed E-state index contributed by atoms with van der Waals surface area (Å²) < 4.78 is 0. The molecule has 0 fully saturated rings. The van der Waals surface area contributed by atoms with Gasteiger partial charge in [-0.15, -0.1) is 6.92 Å². The van der Waals surface area contributed by atoms with Crippen LogP contribution in [0.3, 0.4) is 0 Å². The van der Waals surface area contributed by atoms with Crippen molar-refractivity contribution in [3.8, 4) is 0 Å². The third-order valence-corrected chi connectivity index (χ3v) is 4.57. The van der Waals surface area contributed by atoms with Gasteiger partial charge in [-0.05, 0) is 0 Å². The minimum Gasteiger partial charge on any atom is -0.323 e. The molecule has 1 rings (SSSR count). The van der Waals surface area contributed by atoms with Gasteiger partial charge in [0, 0.05) is 9.52 Å². The van der Waals surface area contributed by atoms with E-state index in [0.717, 1.165) is 9.52 Å². The Bertz CT molecular complexity index is 294. The molecule has 0 nitrogen and oxygen atoms in total. The van der Waals surface area contributed by atoms with Crippen LogP contribution in [0.15, 0.2) is 16.7 Å². The molecule has 1 aliphatic carbocycles. The summed E-state index contributed by atoms with van der Waals surface area (Å²) in [5.41, 5.74) is 4.25. The zero-order chi connectivity index (χ0) is 16.8. The summed E-state index contributed by atoms with van der Waals surface area (Å²) in [6.45, 7) is 19.5. The van der Waals surface area contributed by atoms with Gasteiger partial charge in [0.25, 0.3) is 0 Å². The standard InChI is InChI=1S/C9H13.C7H17Si.C4H9.Ti/c1-6-5-7(2)9(4)8(6)3;1-3-4-5-6-7-8-2;1-4(2)3;/h6H,1-4H3;8H,3-7H2,1-2H3;1-3H3;/q-1;;-1;+2. The van der Waals surface area contributed by atoms with E-state index in [1.165, 1.54) is 54.4 Å². The molecule has 1 atom stereocenters. The van der Waals surface area contributed by atoms with Crippen LogP contribution in [0, 0.1) is 17.9 Å². The number of hydrogen-bond acceptors (Lipinski definition) is 0. The summed E-state index contributed by atoms with van der Waals surface area (Å²) in [5.74, 6) is 1.98. The summed E-state index contributed by atoms with van der Waals surface area (Å²) in [6.07, 6.45) is 9.13. The molecule has 2 heteroatoms. The second-order valence-electron chi connectivity index (χ2n) is 6.56. The maximum absolute atomic E-state index is 3.36. The van der Waals surface area contributed by atoms with Crippen molar-refractivity contribution in [1.29, 1.82) is 0 Å². The Morgan fingerprint density at radius 2 is 1.55 bits per heavy atom. The van der Waals surface area contributed by atoms with Crippen LogP contribution < -0.4 is 0 Å². The molecule has 0 bridgehead atoms. The van der Waals surface area contributed by atoms with Crippen LogP contribution in [-0.2, 0) is 21.7 Å². The molecule has 0 spiro atoms. The van der Waals surface area contributed by atoms with Gasteiger partial charge in [0.15, 0.2) is 0 Å². The first kappa shape index (κ1) is 27.3. The predicted molar refractivity (Wildman–Crippen MR) is 102 cm³/mol. The van der Waals surface area contributed by atoms with Crippen molar-refractivity contribution >= 4 is 9.52 Å². The van der Waals surface area contributed by atoms with E-state index in [1.54, 1.807) is 0 Å². The van der Waals surface area contributed by atoms with Gasteiger partial charge in [0.2, 0.25) is 0 Å². The van der Waals surface area contributed by atoms with Crippen molar-refractivity contribution in [2.45, 2.75) is 93.7 Å². The molecule has 0 N–H and O–H groups in total. The molecule has 0 aliphatic heterocycles. The van der Waals surface area contributed by atoms with E-state index in [2.05, 4.69) is 68.0 Å². The Hall–Kier alpha value is 0.411. The monoisotopic (exact) mass is 355 g/mol. The number of hydrogen-bond donors (Lipinski definition) is 0. The van der Waals surface area contributed by atoms with Crippen LogP contribution in [-0.4, -0.2) is 9.52 Å². The van der Waals surface area contributed by atoms with Crippen molar-refractivity contribution in [2.24, 2.45) is 5.92 Å². The molecule has 1 aliphatic rings. The van der Waals surface area contributed by atoms with E-state index in [9.17, 15) is 0 Å². The molecular formula is C20H39SiTi. The summed E-state index contributed by atoms with van der Waals surface area (Å²) in [4.78, 5) is 0. The minimum absolute atomic E-state index is 0. The maximum Gasteiger partial charge on any atom is 2.00 e. The number of allylic oxidation sites excluding steroid dienone is 4. The normalized spacial score (nSPS) is 16.3. The van der Waals surface area contributed by atoms with Gasteiger partial charge in [0.1, 0.15) is 0 Å². The Kier molecular flexibility index (Phi) is 22.0. The van der Waals surface area contributed by atoms with Crippen LogP contribution in [0.1, 0.15) is 81.1 Å². The molecular weight excluding hydrogens is 316 g/mol. The topological polar surface area (TPSA) is 0 Å². The van der Waals surface area contributed by atoms with Crippen LogP contribution >= 0.6 is 0 Å². The van der Waals surface area contributed by atoms with Crippen LogP contribution in [0.5, 0.6) is 0 Å². The molecule has 0 saturated carbocycles. The van der Waals surface area contributed by atoms with Crippen molar-refractivity contribution in [1.82, 2.24) is 0 Å². The predicted octanol–water partition coefficient (Wildman–Crippen LogP) is 6.81. The number of unbranched alkanes of at least 4 members (excludes halogenated alkanes) is 3. The summed E-state index contributed by atoms with van der Waals surface area (Å²) >= 11 is 0. The zero-order valence-corrected chi connectivity index (χ0v) is 19.4. The Balaban J connectivity index is -0.000000258. The van der Waals surface area contributed by atoms with Crippen LogP contribution in [0.2, 0.25) is 12.6 Å². The third kappa shape index (κ3) is 16.8. The summed E-state index contributed by atoms with van der Waals surface area (Å²) in [7, 11) is 0.778. The van der Waals surface area contributed by atoms with Crippen LogP contribution in [0.25, 0.3) is 0 Å². The molecule has 1 unspecified atom stereocenters. The SMILES string of the molecule is CC1=[C-]C(C)C(C)=C1C.CCCCCC[SiH]C.C[C-](C)C.[Ti+2]. The molecule has 1 radical (unpaired) electrons. The smallest absolute Gasteiger partial charge is 0.323 e. The third-order valence-electron chi connectivity index (χ3n) is 3.58. The van der Waals surface area contributed by atoms with Gasteiger partial charge in [0.05, 0.1) is 0 Å². The second kappa shape index (κ2) is 17.8. The average Bonchev–Trinajstić information content (AvgIpc) is 2.62. The largest absolute Gasteiger partial charge is 2.00 e. The fraction of sp³-hybridized carbons (Fsp3) is 0.750. The molecule has 0 amide bonds. The first-order valence-electron chi connectivity index (χ1n) is 8.60. The van der Waals surface area contributed by atoms with Gasteiger partial charge >= 0.3 is 21.7 Å². The average molecular weight is 355 g/mol. The maximum atomic E-state index is 3.36. The molecule has 0 aromatic rings. The van der Waals surface area contributed by atoms with Gasteiger partial charge in [-0.2, -0.15) is 31.9 Å². The van der Waals surface area contributed by atoms with Crippen molar-refractivity contribution in [3.05, 3.63) is 28.7 Å². The van der Waals surface area contributed by atoms with E-state index in [1.807, 2.05) is 0 Å². The quantitative estimate of drug-likeness (QED) is 0.289. The van der Waals surface area contributed by atoms with E-state index >= 15 is 0 Å².